The lowest BCUT2D eigenvalue weighted by Gasteiger charge is -2.18. The molecule has 0 saturated carbocycles. The molecule has 0 unspecified atom stereocenters. The monoisotopic (exact) mass is 426 g/mol. The highest BCUT2D eigenvalue weighted by molar-refractivity contribution is 6.31. The lowest BCUT2D eigenvalue weighted by molar-refractivity contribution is -0.114. The number of fused-ring (bicyclic) bond motifs is 1. The van der Waals surface area contributed by atoms with Crippen molar-refractivity contribution in [3.05, 3.63) is 59.0 Å². The first-order valence-electron chi connectivity index (χ1n) is 9.91. The van der Waals surface area contributed by atoms with E-state index in [1.807, 2.05) is 17.0 Å². The number of hydrogen-bond donors (Lipinski definition) is 0. The maximum atomic E-state index is 13.0. The van der Waals surface area contributed by atoms with Gasteiger partial charge < -0.3 is 14.5 Å². The third-order valence-electron chi connectivity index (χ3n) is 5.66. The molecular formula is C22H23ClN4O3. The van der Waals surface area contributed by atoms with Crippen molar-refractivity contribution in [2.24, 2.45) is 5.92 Å². The predicted octanol–water partition coefficient (Wildman–Crippen LogP) is 2.92. The van der Waals surface area contributed by atoms with E-state index < -0.39 is 0 Å². The average Bonchev–Trinajstić information content (AvgIpc) is 3.40. The fourth-order valence-electron chi connectivity index (χ4n) is 4.13. The van der Waals surface area contributed by atoms with E-state index in [9.17, 15) is 9.59 Å². The molecule has 4 rings (SSSR count). The molecule has 1 aromatic heterocycles. The molecular weight excluding hydrogens is 404 g/mol. The van der Waals surface area contributed by atoms with E-state index in [1.165, 1.54) is 13.2 Å². The number of hydrogen-bond acceptors (Lipinski definition) is 5. The summed E-state index contributed by atoms with van der Waals surface area (Å²) in [5, 5.41) is 0.384. The van der Waals surface area contributed by atoms with Gasteiger partial charge in [-0.15, -0.1) is 0 Å². The molecule has 30 heavy (non-hydrogen) atoms. The van der Waals surface area contributed by atoms with Crippen LogP contribution in [0.3, 0.4) is 0 Å². The van der Waals surface area contributed by atoms with Gasteiger partial charge in [0.25, 0.3) is 5.91 Å². The molecule has 0 N–H and O–H groups in total. The third kappa shape index (κ3) is 3.89. The van der Waals surface area contributed by atoms with Crippen molar-refractivity contribution in [1.82, 2.24) is 14.9 Å². The number of halogens is 1. The van der Waals surface area contributed by atoms with E-state index >= 15 is 0 Å². The Morgan fingerprint density at radius 1 is 1.37 bits per heavy atom. The molecule has 7 nitrogen and oxygen atoms in total. The smallest absolute Gasteiger partial charge is 0.253 e. The van der Waals surface area contributed by atoms with Crippen molar-refractivity contribution >= 4 is 29.1 Å². The lowest BCUT2D eigenvalue weighted by atomic mass is 10.0. The summed E-state index contributed by atoms with van der Waals surface area (Å²) in [6, 6.07) is 5.57. The number of carbonyl (C=O) groups excluding carboxylic acids is 2. The molecule has 1 atom stereocenters. The van der Waals surface area contributed by atoms with Crippen LogP contribution in [0.5, 0.6) is 5.88 Å². The minimum absolute atomic E-state index is 0.0170. The Labute approximate surface area is 180 Å². The highest BCUT2D eigenvalue weighted by atomic mass is 35.5. The summed E-state index contributed by atoms with van der Waals surface area (Å²) >= 11 is 5.99. The molecule has 1 fully saturated rings. The molecule has 3 heterocycles. The Kier molecular flexibility index (Phi) is 5.72. The number of methoxy groups -OCH3 is 1. The number of amides is 2. The average molecular weight is 427 g/mol. The Bertz CT molecular complexity index is 1010. The second-order valence-corrected chi connectivity index (χ2v) is 7.95. The molecule has 8 heteroatoms. The van der Waals surface area contributed by atoms with Gasteiger partial charge in [-0.3, -0.25) is 9.59 Å². The number of rotatable bonds is 5. The molecule has 2 aliphatic rings. The van der Waals surface area contributed by atoms with Crippen molar-refractivity contribution in [2.75, 3.05) is 31.6 Å². The Morgan fingerprint density at radius 3 is 2.97 bits per heavy atom. The maximum absolute atomic E-state index is 13.0. The van der Waals surface area contributed by atoms with Crippen LogP contribution in [0, 0.1) is 5.92 Å². The van der Waals surface area contributed by atoms with Gasteiger partial charge in [-0.05, 0) is 48.6 Å². The number of nitrogens with zero attached hydrogens (tertiary/aromatic N) is 4. The van der Waals surface area contributed by atoms with E-state index in [-0.39, 0.29) is 17.7 Å². The number of benzene rings is 1. The number of anilines is 1. The fourth-order valence-corrected chi connectivity index (χ4v) is 4.29. The number of aromatic nitrogens is 2. The molecule has 0 radical (unpaired) electrons. The van der Waals surface area contributed by atoms with Gasteiger partial charge in [0.1, 0.15) is 10.8 Å². The molecule has 0 spiro atoms. The minimum Gasteiger partial charge on any atom is -0.480 e. The molecule has 2 aromatic rings. The van der Waals surface area contributed by atoms with Gasteiger partial charge >= 0.3 is 0 Å². The number of likely N-dealkylation sites (tertiary alicyclic amines) is 1. The van der Waals surface area contributed by atoms with E-state index in [4.69, 9.17) is 16.3 Å². The largest absolute Gasteiger partial charge is 0.480 e. The summed E-state index contributed by atoms with van der Waals surface area (Å²) in [5.74, 6) is 1.23. The fraction of sp³-hybridized carbons (Fsp3) is 0.364. The van der Waals surface area contributed by atoms with Crippen LogP contribution in [0.25, 0.3) is 0 Å². The van der Waals surface area contributed by atoms with Crippen molar-refractivity contribution in [3.8, 4) is 5.88 Å². The molecule has 156 valence electrons. The van der Waals surface area contributed by atoms with Gasteiger partial charge in [0.2, 0.25) is 11.8 Å². The van der Waals surface area contributed by atoms with Crippen molar-refractivity contribution < 1.29 is 14.3 Å². The molecule has 2 aliphatic heterocycles. The van der Waals surface area contributed by atoms with Crippen LogP contribution in [0.4, 0.5) is 5.69 Å². The van der Waals surface area contributed by atoms with Gasteiger partial charge in [-0.2, -0.15) is 4.98 Å². The normalized spacial score (nSPS) is 17.7. The highest BCUT2D eigenvalue weighted by Crippen LogP contribution is 2.30. The first-order valence-corrected chi connectivity index (χ1v) is 10.3. The summed E-state index contributed by atoms with van der Waals surface area (Å²) in [7, 11) is 1.52. The van der Waals surface area contributed by atoms with Gasteiger partial charge in [-0.25, -0.2) is 4.98 Å². The SMILES string of the molecule is C=CC(=O)N1CCc2cc(C(=O)N3CC[C@@H](Cc4ncc(Cl)c(OC)n4)C3)ccc21. The zero-order chi connectivity index (χ0) is 21.3. The van der Waals surface area contributed by atoms with Crippen LogP contribution in [-0.2, 0) is 17.6 Å². The Balaban J connectivity index is 1.42. The van der Waals surface area contributed by atoms with Crippen molar-refractivity contribution in [1.29, 1.82) is 0 Å². The molecule has 0 aliphatic carbocycles. The summed E-state index contributed by atoms with van der Waals surface area (Å²) in [6.07, 6.45) is 5.17. The van der Waals surface area contributed by atoms with Crippen LogP contribution in [0.15, 0.2) is 37.1 Å². The molecule has 2 amide bonds. The lowest BCUT2D eigenvalue weighted by Crippen LogP contribution is -2.29. The molecule has 0 bridgehead atoms. The van der Waals surface area contributed by atoms with E-state index in [0.717, 1.165) is 24.1 Å². The van der Waals surface area contributed by atoms with Crippen LogP contribution in [-0.4, -0.2) is 53.4 Å². The van der Waals surface area contributed by atoms with Crippen LogP contribution >= 0.6 is 11.6 Å². The van der Waals surface area contributed by atoms with E-state index in [1.54, 1.807) is 17.2 Å². The van der Waals surface area contributed by atoms with E-state index in [0.29, 0.717) is 48.3 Å². The second-order valence-electron chi connectivity index (χ2n) is 7.54. The topological polar surface area (TPSA) is 75.6 Å². The standard InChI is InChI=1S/C22H23ClN4O3/c1-3-20(28)27-9-7-15-11-16(4-5-18(15)27)22(29)26-8-6-14(13-26)10-19-24-12-17(23)21(25-19)30-2/h3-5,11-12,14H,1,6-10,13H2,2H3/t14-/m0/s1. The predicted molar refractivity (Wildman–Crippen MR) is 114 cm³/mol. The third-order valence-corrected chi connectivity index (χ3v) is 5.92. The van der Waals surface area contributed by atoms with Crippen molar-refractivity contribution in [3.63, 3.8) is 0 Å². The first kappa shape index (κ1) is 20.3. The summed E-state index contributed by atoms with van der Waals surface area (Å²) in [5.41, 5.74) is 2.55. The number of carbonyl (C=O) groups is 2. The Hall–Kier alpha value is -2.93. The van der Waals surface area contributed by atoms with Gasteiger partial charge in [0.15, 0.2) is 0 Å². The summed E-state index contributed by atoms with van der Waals surface area (Å²) in [4.78, 5) is 37.2. The summed E-state index contributed by atoms with van der Waals surface area (Å²) in [6.45, 7) is 5.53. The van der Waals surface area contributed by atoms with E-state index in [2.05, 4.69) is 16.5 Å². The summed E-state index contributed by atoms with van der Waals surface area (Å²) < 4.78 is 5.16. The zero-order valence-corrected chi connectivity index (χ0v) is 17.6. The Morgan fingerprint density at radius 2 is 2.20 bits per heavy atom. The maximum Gasteiger partial charge on any atom is 0.253 e. The van der Waals surface area contributed by atoms with Crippen LogP contribution < -0.4 is 9.64 Å². The zero-order valence-electron chi connectivity index (χ0n) is 16.8. The highest BCUT2D eigenvalue weighted by Gasteiger charge is 2.29. The number of ether oxygens (including phenoxy) is 1. The minimum atomic E-state index is -0.115. The van der Waals surface area contributed by atoms with Crippen molar-refractivity contribution in [2.45, 2.75) is 19.3 Å². The quantitative estimate of drug-likeness (QED) is 0.687. The molecule has 1 saturated heterocycles. The van der Waals surface area contributed by atoms with Crippen LogP contribution in [0.1, 0.15) is 28.2 Å². The molecule has 1 aromatic carbocycles. The second kappa shape index (κ2) is 8.44. The van der Waals surface area contributed by atoms with Gasteiger partial charge in [-0.1, -0.05) is 18.2 Å². The van der Waals surface area contributed by atoms with Gasteiger partial charge in [0, 0.05) is 37.3 Å². The van der Waals surface area contributed by atoms with Crippen LogP contribution in [0.2, 0.25) is 5.02 Å². The first-order chi connectivity index (χ1) is 14.5. The van der Waals surface area contributed by atoms with Gasteiger partial charge in [0.05, 0.1) is 13.3 Å².